The molecule has 0 bridgehead atoms. The first-order valence-electron chi connectivity index (χ1n) is 3.55. The van der Waals surface area contributed by atoms with Crippen molar-refractivity contribution < 1.29 is 37.5 Å². The zero-order valence-corrected chi connectivity index (χ0v) is 10.8. The molecule has 11 heavy (non-hydrogen) atoms. The third kappa shape index (κ3) is 6.95. The summed E-state index contributed by atoms with van der Waals surface area (Å²) in [6.45, 7) is 9.67. The SMILES string of the molecule is CC(=O)[N-]C(C)C(C)(C)C.[Y+3]. The van der Waals surface area contributed by atoms with Crippen LogP contribution in [0.2, 0.25) is 0 Å². The van der Waals surface area contributed by atoms with Crippen LogP contribution in [0.15, 0.2) is 0 Å². The van der Waals surface area contributed by atoms with Gasteiger partial charge in [-0.3, -0.25) is 0 Å². The third-order valence-corrected chi connectivity index (χ3v) is 1.63. The number of carbonyl (C=O) groups is 1. The molecule has 0 rings (SSSR count). The van der Waals surface area contributed by atoms with Gasteiger partial charge in [-0.05, 0) is 6.92 Å². The Kier molecular flexibility index (Phi) is 6.75. The average Bonchev–Trinajstić information content (AvgIpc) is 1.60. The van der Waals surface area contributed by atoms with Crippen molar-refractivity contribution in [3.05, 3.63) is 5.32 Å². The summed E-state index contributed by atoms with van der Waals surface area (Å²) < 4.78 is 0. The van der Waals surface area contributed by atoms with Crippen molar-refractivity contribution in [2.45, 2.75) is 40.7 Å². The predicted octanol–water partition coefficient (Wildman–Crippen LogP) is 2.34. The fourth-order valence-corrected chi connectivity index (χ4v) is 0.466. The summed E-state index contributed by atoms with van der Waals surface area (Å²) in [5, 5.41) is 3.91. The fourth-order valence-electron chi connectivity index (χ4n) is 0.466. The maximum absolute atomic E-state index is 10.5. The number of hydrogen-bond donors (Lipinski definition) is 0. The molecule has 0 heterocycles. The Morgan fingerprint density at radius 3 is 1.82 bits per heavy atom. The van der Waals surface area contributed by atoms with E-state index in [1.165, 1.54) is 6.92 Å². The van der Waals surface area contributed by atoms with Gasteiger partial charge in [0.15, 0.2) is 0 Å². The maximum atomic E-state index is 10.5. The van der Waals surface area contributed by atoms with Gasteiger partial charge in [0.2, 0.25) is 0 Å². The summed E-state index contributed by atoms with van der Waals surface area (Å²) >= 11 is 0. The van der Waals surface area contributed by atoms with Crippen LogP contribution in [0.5, 0.6) is 0 Å². The Hall–Kier alpha value is 0.574. The summed E-state index contributed by atoms with van der Waals surface area (Å²) in [4.78, 5) is 10.5. The van der Waals surface area contributed by atoms with Gasteiger partial charge in [0.1, 0.15) is 0 Å². The van der Waals surface area contributed by atoms with Gasteiger partial charge in [0, 0.05) is 5.91 Å². The minimum absolute atomic E-state index is 0. The van der Waals surface area contributed by atoms with Gasteiger partial charge in [-0.15, -0.1) is 6.04 Å². The van der Waals surface area contributed by atoms with E-state index in [-0.39, 0.29) is 50.1 Å². The number of carbonyl (C=O) groups excluding carboxylic acids is 1. The first-order valence-corrected chi connectivity index (χ1v) is 3.55. The molecule has 0 radical (unpaired) electrons. The van der Waals surface area contributed by atoms with E-state index >= 15 is 0 Å². The van der Waals surface area contributed by atoms with E-state index in [1.54, 1.807) is 0 Å². The van der Waals surface area contributed by atoms with Gasteiger partial charge >= 0.3 is 32.7 Å². The molecular formula is C8H16NOY+2. The molecule has 0 saturated carbocycles. The van der Waals surface area contributed by atoms with Gasteiger partial charge in [-0.1, -0.05) is 33.1 Å². The van der Waals surface area contributed by atoms with Crippen molar-refractivity contribution in [3.8, 4) is 0 Å². The minimum Gasteiger partial charge on any atom is -0.651 e. The molecule has 1 unspecified atom stereocenters. The van der Waals surface area contributed by atoms with Crippen LogP contribution < -0.4 is 0 Å². The second-order valence-electron chi connectivity index (χ2n) is 3.69. The summed E-state index contributed by atoms with van der Waals surface area (Å²) in [6, 6.07) is 0.116. The minimum atomic E-state index is -0.0811. The number of rotatable bonds is 1. The standard InChI is InChI=1S/C8H17NO.Y/c1-6(8(3,4)5)9-7(2)10;/h6H,1-5H3,(H,9,10);/q;+3/p-1. The van der Waals surface area contributed by atoms with Crippen LogP contribution in [-0.4, -0.2) is 11.9 Å². The third-order valence-electron chi connectivity index (χ3n) is 1.63. The van der Waals surface area contributed by atoms with Crippen LogP contribution in [0.25, 0.3) is 5.32 Å². The summed E-state index contributed by atoms with van der Waals surface area (Å²) in [5.74, 6) is -0.0811. The van der Waals surface area contributed by atoms with E-state index in [2.05, 4.69) is 26.1 Å². The van der Waals surface area contributed by atoms with Crippen molar-refractivity contribution >= 4 is 5.91 Å². The molecular weight excluding hydrogens is 215 g/mol. The normalized spacial score (nSPS) is 13.2. The Morgan fingerprint density at radius 2 is 1.73 bits per heavy atom. The summed E-state index contributed by atoms with van der Waals surface area (Å²) in [7, 11) is 0. The number of nitrogens with zero attached hydrogens (tertiary/aromatic N) is 1. The Morgan fingerprint density at radius 1 is 1.36 bits per heavy atom. The van der Waals surface area contributed by atoms with E-state index < -0.39 is 0 Å². The molecule has 1 atom stereocenters. The molecule has 0 saturated heterocycles. The second kappa shape index (κ2) is 5.26. The van der Waals surface area contributed by atoms with Crippen LogP contribution >= 0.6 is 0 Å². The Labute approximate surface area is 94.4 Å². The summed E-state index contributed by atoms with van der Waals surface area (Å²) in [6.07, 6.45) is 0. The zero-order chi connectivity index (χ0) is 8.36. The van der Waals surface area contributed by atoms with E-state index in [1.807, 2.05) is 6.92 Å². The van der Waals surface area contributed by atoms with E-state index in [9.17, 15) is 4.79 Å². The molecule has 0 aromatic rings. The molecule has 0 spiro atoms. The van der Waals surface area contributed by atoms with Gasteiger partial charge in [-0.25, -0.2) is 0 Å². The van der Waals surface area contributed by atoms with E-state index in [4.69, 9.17) is 0 Å². The molecule has 2 nitrogen and oxygen atoms in total. The Balaban J connectivity index is 0. The quantitative estimate of drug-likeness (QED) is 0.681. The van der Waals surface area contributed by atoms with Crippen LogP contribution in [0, 0.1) is 5.41 Å². The smallest absolute Gasteiger partial charge is 0.651 e. The predicted molar refractivity (Wildman–Crippen MR) is 43.0 cm³/mol. The van der Waals surface area contributed by atoms with Gasteiger partial charge < -0.3 is 10.1 Å². The van der Waals surface area contributed by atoms with E-state index in [0.717, 1.165) is 0 Å². The summed E-state index contributed by atoms with van der Waals surface area (Å²) in [5.41, 5.74) is 0.103. The topological polar surface area (TPSA) is 31.2 Å². The molecule has 3 heteroatoms. The first-order chi connectivity index (χ1) is 4.34. The van der Waals surface area contributed by atoms with Crippen molar-refractivity contribution in [2.75, 3.05) is 0 Å². The molecule has 0 fully saturated rings. The molecule has 60 valence electrons. The molecule has 0 aromatic heterocycles. The zero-order valence-electron chi connectivity index (χ0n) is 8.01. The number of hydrogen-bond acceptors (Lipinski definition) is 1. The van der Waals surface area contributed by atoms with Crippen LogP contribution in [0.4, 0.5) is 0 Å². The molecule has 0 aliphatic rings. The second-order valence-corrected chi connectivity index (χ2v) is 3.69. The molecule has 1 amide bonds. The monoisotopic (exact) mass is 231 g/mol. The molecule has 0 aliphatic carbocycles. The first kappa shape index (κ1) is 14.1. The van der Waals surface area contributed by atoms with Gasteiger partial charge in [0.25, 0.3) is 0 Å². The van der Waals surface area contributed by atoms with Crippen LogP contribution in [0.1, 0.15) is 34.6 Å². The van der Waals surface area contributed by atoms with Crippen LogP contribution in [0.3, 0.4) is 0 Å². The van der Waals surface area contributed by atoms with Crippen molar-refractivity contribution in [1.82, 2.24) is 0 Å². The van der Waals surface area contributed by atoms with E-state index in [0.29, 0.717) is 0 Å². The fraction of sp³-hybridized carbons (Fsp3) is 0.875. The van der Waals surface area contributed by atoms with Crippen molar-refractivity contribution in [2.24, 2.45) is 5.41 Å². The maximum Gasteiger partial charge on any atom is 3.00 e. The van der Waals surface area contributed by atoms with Crippen molar-refractivity contribution in [3.63, 3.8) is 0 Å². The molecule has 0 aromatic carbocycles. The average molecular weight is 231 g/mol. The van der Waals surface area contributed by atoms with Gasteiger partial charge in [0.05, 0.1) is 0 Å². The molecule has 0 N–H and O–H groups in total. The van der Waals surface area contributed by atoms with Crippen molar-refractivity contribution in [1.29, 1.82) is 0 Å². The van der Waals surface area contributed by atoms with Gasteiger partial charge in [-0.2, -0.15) is 0 Å². The molecule has 0 aliphatic heterocycles. The van der Waals surface area contributed by atoms with Crippen LogP contribution in [-0.2, 0) is 37.5 Å². The number of amides is 1. The Bertz CT molecular complexity index is 129. The largest absolute Gasteiger partial charge is 3.00 e.